The summed E-state index contributed by atoms with van der Waals surface area (Å²) in [6.45, 7) is 2.27. The Morgan fingerprint density at radius 1 is 0.962 bits per heavy atom. The van der Waals surface area contributed by atoms with Gasteiger partial charge in [-0.25, -0.2) is 0 Å². The molecular formula is C20H25N3O3. The minimum atomic E-state index is -0.388. The Morgan fingerprint density at radius 3 is 2.46 bits per heavy atom. The normalized spacial score (nSPS) is 22.5. The fourth-order valence-corrected chi connectivity index (χ4v) is 3.93. The lowest BCUT2D eigenvalue weighted by Gasteiger charge is -2.24. The van der Waals surface area contributed by atoms with Crippen LogP contribution in [0, 0.1) is 5.92 Å². The predicted molar refractivity (Wildman–Crippen MR) is 97.7 cm³/mol. The molecule has 1 unspecified atom stereocenters. The van der Waals surface area contributed by atoms with E-state index in [0.29, 0.717) is 24.2 Å². The maximum absolute atomic E-state index is 12.7. The van der Waals surface area contributed by atoms with Gasteiger partial charge < -0.3 is 15.1 Å². The van der Waals surface area contributed by atoms with Gasteiger partial charge in [0.05, 0.1) is 0 Å². The van der Waals surface area contributed by atoms with Crippen LogP contribution in [0.5, 0.6) is 0 Å². The number of benzene rings is 1. The van der Waals surface area contributed by atoms with Gasteiger partial charge in [0.25, 0.3) is 5.91 Å². The van der Waals surface area contributed by atoms with Crippen LogP contribution in [-0.2, 0) is 9.59 Å². The molecule has 6 heteroatoms. The smallest absolute Gasteiger partial charge is 0.253 e. The number of anilines is 1. The third-order valence-corrected chi connectivity index (χ3v) is 5.54. The Balaban J connectivity index is 1.43. The van der Waals surface area contributed by atoms with Crippen molar-refractivity contribution < 1.29 is 14.4 Å². The Hall–Kier alpha value is -2.37. The highest BCUT2D eigenvalue weighted by molar-refractivity contribution is 6.00. The third-order valence-electron chi connectivity index (χ3n) is 5.54. The summed E-state index contributed by atoms with van der Waals surface area (Å²) in [7, 11) is 0. The molecule has 3 fully saturated rings. The Bertz CT molecular complexity index is 723. The third kappa shape index (κ3) is 3.45. The highest BCUT2D eigenvalue weighted by Gasteiger charge is 2.40. The molecule has 0 spiro atoms. The quantitative estimate of drug-likeness (QED) is 0.901. The second kappa shape index (κ2) is 7.09. The highest BCUT2D eigenvalue weighted by atomic mass is 16.2. The van der Waals surface area contributed by atoms with E-state index >= 15 is 0 Å². The van der Waals surface area contributed by atoms with Gasteiger partial charge in [-0.3, -0.25) is 14.4 Å². The first-order valence-electron chi connectivity index (χ1n) is 9.64. The molecule has 2 saturated heterocycles. The lowest BCUT2D eigenvalue weighted by atomic mass is 10.1. The van der Waals surface area contributed by atoms with Gasteiger partial charge in [0.1, 0.15) is 6.04 Å². The molecule has 6 nitrogen and oxygen atoms in total. The maximum Gasteiger partial charge on any atom is 0.253 e. The van der Waals surface area contributed by atoms with Gasteiger partial charge in [-0.1, -0.05) is 6.07 Å². The summed E-state index contributed by atoms with van der Waals surface area (Å²) in [6, 6.07) is 6.72. The van der Waals surface area contributed by atoms with Crippen molar-refractivity contribution in [3.8, 4) is 0 Å². The summed E-state index contributed by atoms with van der Waals surface area (Å²) in [6.07, 6.45) is 5.57. The van der Waals surface area contributed by atoms with Gasteiger partial charge >= 0.3 is 0 Å². The summed E-state index contributed by atoms with van der Waals surface area (Å²) in [4.78, 5) is 41.2. The van der Waals surface area contributed by atoms with E-state index in [1.165, 1.54) is 0 Å². The molecule has 0 radical (unpaired) electrons. The number of carbonyl (C=O) groups excluding carboxylic acids is 3. The number of amides is 3. The summed E-state index contributed by atoms with van der Waals surface area (Å²) in [5.74, 6) is 0.123. The fraction of sp³-hybridized carbons (Fsp3) is 0.550. The molecular weight excluding hydrogens is 330 g/mol. The maximum atomic E-state index is 12.7. The lowest BCUT2D eigenvalue weighted by molar-refractivity contribution is -0.137. The van der Waals surface area contributed by atoms with Crippen LogP contribution in [0.15, 0.2) is 24.3 Å². The van der Waals surface area contributed by atoms with E-state index in [4.69, 9.17) is 0 Å². The van der Waals surface area contributed by atoms with Crippen LogP contribution in [-0.4, -0.2) is 53.2 Å². The zero-order valence-corrected chi connectivity index (χ0v) is 14.9. The minimum Gasteiger partial charge on any atom is -0.339 e. The Kier molecular flexibility index (Phi) is 4.66. The van der Waals surface area contributed by atoms with Crippen LogP contribution in [0.3, 0.4) is 0 Å². The summed E-state index contributed by atoms with van der Waals surface area (Å²) < 4.78 is 0. The number of nitrogens with zero attached hydrogens (tertiary/aromatic N) is 2. The Morgan fingerprint density at radius 2 is 1.73 bits per heavy atom. The van der Waals surface area contributed by atoms with Gasteiger partial charge in [0.15, 0.2) is 0 Å². The number of likely N-dealkylation sites (tertiary alicyclic amines) is 2. The van der Waals surface area contributed by atoms with Crippen LogP contribution >= 0.6 is 0 Å². The summed E-state index contributed by atoms with van der Waals surface area (Å²) in [5.41, 5.74) is 1.22. The second-order valence-electron chi connectivity index (χ2n) is 7.53. The van der Waals surface area contributed by atoms with Crippen LogP contribution in [0.25, 0.3) is 0 Å². The molecule has 138 valence electrons. The molecule has 2 heterocycles. The number of hydrogen-bond donors (Lipinski definition) is 1. The van der Waals surface area contributed by atoms with E-state index in [0.717, 1.165) is 45.2 Å². The van der Waals surface area contributed by atoms with E-state index in [9.17, 15) is 14.4 Å². The number of carbonyl (C=O) groups is 3. The van der Waals surface area contributed by atoms with Gasteiger partial charge in [-0.15, -0.1) is 0 Å². The second-order valence-corrected chi connectivity index (χ2v) is 7.53. The van der Waals surface area contributed by atoms with Crippen molar-refractivity contribution >= 4 is 23.4 Å². The van der Waals surface area contributed by atoms with Gasteiger partial charge in [0.2, 0.25) is 11.8 Å². The van der Waals surface area contributed by atoms with E-state index in [-0.39, 0.29) is 29.7 Å². The lowest BCUT2D eigenvalue weighted by Crippen LogP contribution is -2.43. The average molecular weight is 355 g/mol. The molecule has 1 saturated carbocycles. The van der Waals surface area contributed by atoms with E-state index in [1.807, 2.05) is 4.90 Å². The van der Waals surface area contributed by atoms with Crippen molar-refractivity contribution in [2.24, 2.45) is 5.92 Å². The number of hydrogen-bond acceptors (Lipinski definition) is 3. The molecule has 3 amide bonds. The zero-order valence-electron chi connectivity index (χ0n) is 14.9. The van der Waals surface area contributed by atoms with Gasteiger partial charge in [-0.2, -0.15) is 0 Å². The molecule has 1 N–H and O–H groups in total. The van der Waals surface area contributed by atoms with Crippen LogP contribution < -0.4 is 5.32 Å². The standard InChI is InChI=1S/C20H25N3O3/c24-18(17-7-4-12-23(17)20(26)14-8-9-14)21-16-6-3-5-15(13-16)19(25)22-10-1-2-11-22/h3,5-6,13-14,17H,1-2,4,7-12H2,(H,21,24). The molecule has 1 aliphatic carbocycles. The van der Waals surface area contributed by atoms with E-state index < -0.39 is 0 Å². The van der Waals surface area contributed by atoms with Crippen molar-refractivity contribution in [3.05, 3.63) is 29.8 Å². The van der Waals surface area contributed by atoms with Crippen LogP contribution in [0.1, 0.15) is 48.9 Å². The first kappa shape index (κ1) is 17.1. The predicted octanol–water partition coefficient (Wildman–Crippen LogP) is 2.26. The minimum absolute atomic E-state index is 0.0185. The number of nitrogens with one attached hydrogen (secondary N) is 1. The van der Waals surface area contributed by atoms with Crippen molar-refractivity contribution in [3.63, 3.8) is 0 Å². The summed E-state index contributed by atoms with van der Waals surface area (Å²) >= 11 is 0. The molecule has 2 aliphatic heterocycles. The largest absolute Gasteiger partial charge is 0.339 e. The van der Waals surface area contributed by atoms with Crippen molar-refractivity contribution in [1.82, 2.24) is 9.80 Å². The molecule has 1 atom stereocenters. The fourth-order valence-electron chi connectivity index (χ4n) is 3.93. The van der Waals surface area contributed by atoms with Crippen LogP contribution in [0.2, 0.25) is 0 Å². The molecule has 0 bridgehead atoms. The molecule has 1 aromatic rings. The first-order valence-corrected chi connectivity index (χ1v) is 9.64. The monoisotopic (exact) mass is 355 g/mol. The summed E-state index contributed by atoms with van der Waals surface area (Å²) in [5, 5.41) is 2.91. The molecule has 4 rings (SSSR count). The van der Waals surface area contributed by atoms with Crippen molar-refractivity contribution in [2.75, 3.05) is 25.0 Å². The van der Waals surface area contributed by atoms with Crippen molar-refractivity contribution in [2.45, 2.75) is 44.6 Å². The molecule has 0 aromatic heterocycles. The van der Waals surface area contributed by atoms with Crippen LogP contribution in [0.4, 0.5) is 5.69 Å². The topological polar surface area (TPSA) is 69.7 Å². The highest BCUT2D eigenvalue weighted by Crippen LogP contribution is 2.34. The SMILES string of the molecule is O=C(Nc1cccc(C(=O)N2CCCC2)c1)C1CCCN1C(=O)C1CC1. The molecule has 1 aromatic carbocycles. The van der Waals surface area contributed by atoms with E-state index in [2.05, 4.69) is 5.32 Å². The van der Waals surface area contributed by atoms with Gasteiger partial charge in [0, 0.05) is 36.8 Å². The number of rotatable bonds is 4. The average Bonchev–Trinajstić information content (AvgIpc) is 3.15. The van der Waals surface area contributed by atoms with E-state index in [1.54, 1.807) is 29.2 Å². The molecule has 26 heavy (non-hydrogen) atoms. The first-order chi connectivity index (χ1) is 12.6. The van der Waals surface area contributed by atoms with Crippen molar-refractivity contribution in [1.29, 1.82) is 0 Å². The Labute approximate surface area is 153 Å². The molecule has 3 aliphatic rings. The zero-order chi connectivity index (χ0) is 18.1. The van der Waals surface area contributed by atoms with Gasteiger partial charge in [-0.05, 0) is 56.7 Å².